The number of hydrogen-bond acceptors (Lipinski definition) is 5. The van der Waals surface area contributed by atoms with E-state index in [0.717, 1.165) is 6.42 Å². The Balaban J connectivity index is 3.20. The normalized spacial score (nSPS) is 27.9. The van der Waals surface area contributed by atoms with Crippen LogP contribution in [0, 0.1) is 0 Å². The zero-order valence-corrected chi connectivity index (χ0v) is 11.5. The predicted molar refractivity (Wildman–Crippen MR) is 81.3 cm³/mol. The highest BCUT2D eigenvalue weighted by Crippen LogP contribution is 2.11. The van der Waals surface area contributed by atoms with Crippen LogP contribution >= 0.6 is 0 Å². The van der Waals surface area contributed by atoms with Crippen LogP contribution < -0.4 is 5.73 Å². The quantitative estimate of drug-likeness (QED) is 0.763. The van der Waals surface area contributed by atoms with Crippen molar-refractivity contribution >= 4 is 24.6 Å². The molecule has 0 saturated heterocycles. The van der Waals surface area contributed by atoms with Gasteiger partial charge in [-0.25, -0.2) is 14.8 Å². The Morgan fingerprint density at radius 1 is 1.55 bits per heavy atom. The molecule has 0 bridgehead atoms. The number of nitrogens with two attached hydrogens (primary N) is 1. The third-order valence-electron chi connectivity index (χ3n) is 2.60. The fraction of sp³-hybridized carbons (Fsp3) is 0.286. The van der Waals surface area contributed by atoms with Crippen molar-refractivity contribution in [1.82, 2.24) is 0 Å². The smallest absolute Gasteiger partial charge is 0.337 e. The molecular weight excluding hydrogens is 256 g/mol. The zero-order valence-electron chi connectivity index (χ0n) is 11.5. The largest absolute Gasteiger partial charge is 0.478 e. The molecule has 1 rings (SSSR count). The SMILES string of the molecule is CCC1/C=C(/N=C/C=C\N)\N=C/C(C)=C(\C(=O)O)C=N1. The fourth-order valence-electron chi connectivity index (χ4n) is 1.46. The Hall–Kier alpha value is -2.50. The molecule has 6 nitrogen and oxygen atoms in total. The van der Waals surface area contributed by atoms with E-state index in [0.29, 0.717) is 11.4 Å². The highest BCUT2D eigenvalue weighted by Gasteiger charge is 2.11. The lowest BCUT2D eigenvalue weighted by Gasteiger charge is -2.03. The second kappa shape index (κ2) is 7.83. The minimum Gasteiger partial charge on any atom is -0.478 e. The van der Waals surface area contributed by atoms with Crippen LogP contribution in [0.15, 0.2) is 50.3 Å². The summed E-state index contributed by atoms with van der Waals surface area (Å²) in [5, 5.41) is 9.14. The average Bonchev–Trinajstić information content (AvgIpc) is 2.49. The maximum absolute atomic E-state index is 11.1. The van der Waals surface area contributed by atoms with Gasteiger partial charge in [-0.3, -0.25) is 4.99 Å². The molecule has 1 heterocycles. The highest BCUT2D eigenvalue weighted by atomic mass is 16.4. The Kier molecular flexibility index (Phi) is 6.09. The van der Waals surface area contributed by atoms with E-state index in [1.807, 2.05) is 6.92 Å². The van der Waals surface area contributed by atoms with Gasteiger partial charge < -0.3 is 10.8 Å². The molecule has 1 aliphatic rings. The van der Waals surface area contributed by atoms with Gasteiger partial charge in [-0.05, 0) is 37.3 Å². The summed E-state index contributed by atoms with van der Waals surface area (Å²) in [4.78, 5) is 23.7. The van der Waals surface area contributed by atoms with E-state index in [4.69, 9.17) is 10.8 Å². The number of carboxylic acids is 1. The van der Waals surface area contributed by atoms with Gasteiger partial charge in [0.2, 0.25) is 0 Å². The number of aliphatic carboxylic acids is 1. The van der Waals surface area contributed by atoms with Crippen LogP contribution in [-0.4, -0.2) is 35.8 Å². The zero-order chi connectivity index (χ0) is 15.0. The molecule has 0 spiro atoms. The molecule has 0 aromatic carbocycles. The van der Waals surface area contributed by atoms with Gasteiger partial charge in [0.15, 0.2) is 0 Å². The van der Waals surface area contributed by atoms with Crippen LogP contribution in [0.25, 0.3) is 0 Å². The summed E-state index contributed by atoms with van der Waals surface area (Å²) in [6.07, 6.45) is 9.83. The molecule has 0 aromatic rings. The minimum atomic E-state index is -1.02. The van der Waals surface area contributed by atoms with Crippen LogP contribution in [0.2, 0.25) is 0 Å². The van der Waals surface area contributed by atoms with Gasteiger partial charge in [-0.1, -0.05) is 6.92 Å². The summed E-state index contributed by atoms with van der Waals surface area (Å²) >= 11 is 0. The number of allylic oxidation sites excluding steroid dienone is 2. The van der Waals surface area contributed by atoms with Crippen molar-refractivity contribution in [1.29, 1.82) is 0 Å². The van der Waals surface area contributed by atoms with E-state index in [9.17, 15) is 4.79 Å². The number of carbonyl (C=O) groups is 1. The predicted octanol–water partition coefficient (Wildman–Crippen LogP) is 1.71. The van der Waals surface area contributed by atoms with Gasteiger partial charge in [0.25, 0.3) is 0 Å². The number of hydrogen-bond donors (Lipinski definition) is 2. The highest BCUT2D eigenvalue weighted by molar-refractivity contribution is 6.13. The second-order valence-electron chi connectivity index (χ2n) is 4.10. The van der Waals surface area contributed by atoms with E-state index >= 15 is 0 Å². The summed E-state index contributed by atoms with van der Waals surface area (Å²) in [7, 11) is 0. The van der Waals surface area contributed by atoms with Crippen molar-refractivity contribution in [2.75, 3.05) is 0 Å². The van der Waals surface area contributed by atoms with E-state index in [-0.39, 0.29) is 11.6 Å². The molecule has 0 aliphatic carbocycles. The molecule has 1 aliphatic heterocycles. The van der Waals surface area contributed by atoms with Gasteiger partial charge in [-0.2, -0.15) is 0 Å². The molecule has 3 N–H and O–H groups in total. The second-order valence-corrected chi connectivity index (χ2v) is 4.10. The summed E-state index contributed by atoms with van der Waals surface area (Å²) in [5.41, 5.74) is 5.88. The van der Waals surface area contributed by atoms with E-state index in [1.54, 1.807) is 19.1 Å². The fourth-order valence-corrected chi connectivity index (χ4v) is 1.46. The van der Waals surface area contributed by atoms with Crippen LogP contribution in [0.1, 0.15) is 20.3 Å². The van der Waals surface area contributed by atoms with Gasteiger partial charge in [0.1, 0.15) is 5.82 Å². The van der Waals surface area contributed by atoms with E-state index < -0.39 is 5.97 Å². The monoisotopic (exact) mass is 274 g/mol. The number of nitrogens with zero attached hydrogens (tertiary/aromatic N) is 3. The van der Waals surface area contributed by atoms with Crippen LogP contribution in [0.4, 0.5) is 0 Å². The Labute approximate surface area is 117 Å². The standard InChI is InChI=1S/C14H18N4O2/c1-3-11-7-13(16-6-4-5-15)18-8-10(2)12(9-17-11)14(19)20/h4-9,11H,3,15H2,1-2H3,(H,19,20)/b5-4-,12-10-,13-7-,16-6+,17-9?,18-8-. The molecule has 0 radical (unpaired) electrons. The van der Waals surface area contributed by atoms with Crippen LogP contribution in [0.5, 0.6) is 0 Å². The Morgan fingerprint density at radius 2 is 2.30 bits per heavy atom. The molecule has 0 aromatic heterocycles. The molecule has 1 atom stereocenters. The summed E-state index contributed by atoms with van der Waals surface area (Å²) < 4.78 is 0. The molecule has 0 amide bonds. The third-order valence-corrected chi connectivity index (χ3v) is 2.60. The van der Waals surface area contributed by atoms with E-state index in [2.05, 4.69) is 15.0 Å². The maximum atomic E-state index is 11.1. The molecule has 106 valence electrons. The van der Waals surface area contributed by atoms with Crippen molar-refractivity contribution in [2.24, 2.45) is 20.7 Å². The lowest BCUT2D eigenvalue weighted by Crippen LogP contribution is -2.07. The molecule has 0 fully saturated rings. The first-order valence-electron chi connectivity index (χ1n) is 6.22. The Bertz CT molecular complexity index is 539. The first-order chi connectivity index (χ1) is 9.58. The summed E-state index contributed by atoms with van der Waals surface area (Å²) in [5.74, 6) is -0.552. The summed E-state index contributed by atoms with van der Waals surface area (Å²) in [6, 6.07) is -0.165. The Morgan fingerprint density at radius 3 is 2.90 bits per heavy atom. The van der Waals surface area contributed by atoms with Crippen molar-refractivity contribution in [3.8, 4) is 0 Å². The van der Waals surface area contributed by atoms with E-state index in [1.165, 1.54) is 24.8 Å². The number of carboxylic acid groups (broad SMARTS) is 1. The van der Waals surface area contributed by atoms with Crippen LogP contribution in [-0.2, 0) is 4.79 Å². The minimum absolute atomic E-state index is 0.132. The maximum Gasteiger partial charge on any atom is 0.337 e. The number of rotatable bonds is 4. The lowest BCUT2D eigenvalue weighted by atomic mass is 10.1. The third kappa shape index (κ3) is 4.64. The van der Waals surface area contributed by atoms with Gasteiger partial charge in [0.05, 0.1) is 11.6 Å². The van der Waals surface area contributed by atoms with Crippen LogP contribution in [0.3, 0.4) is 0 Å². The average molecular weight is 274 g/mol. The van der Waals surface area contributed by atoms with Gasteiger partial charge in [-0.15, -0.1) is 0 Å². The molecule has 0 saturated carbocycles. The first-order valence-corrected chi connectivity index (χ1v) is 6.22. The lowest BCUT2D eigenvalue weighted by molar-refractivity contribution is -0.132. The van der Waals surface area contributed by atoms with Crippen molar-refractivity contribution < 1.29 is 9.90 Å². The van der Waals surface area contributed by atoms with Crippen molar-refractivity contribution in [2.45, 2.75) is 26.3 Å². The number of aliphatic imine (C=N–C) groups is 3. The van der Waals surface area contributed by atoms with Crippen molar-refractivity contribution in [3.63, 3.8) is 0 Å². The molecule has 20 heavy (non-hydrogen) atoms. The van der Waals surface area contributed by atoms with Crippen molar-refractivity contribution in [3.05, 3.63) is 35.3 Å². The molecular formula is C14H18N4O2. The molecule has 1 unspecified atom stereocenters. The summed E-state index contributed by atoms with van der Waals surface area (Å²) in [6.45, 7) is 3.63. The van der Waals surface area contributed by atoms with Gasteiger partial charge >= 0.3 is 5.97 Å². The molecule has 6 heteroatoms. The van der Waals surface area contributed by atoms with Gasteiger partial charge in [0, 0.05) is 18.6 Å². The topological polar surface area (TPSA) is 100 Å². The first kappa shape index (κ1) is 15.6.